The first kappa shape index (κ1) is 22.0. The number of halogens is 4. The monoisotopic (exact) mass is 521 g/mol. The number of carboxylic acids is 1. The average Bonchev–Trinajstić information content (AvgIpc) is 2.66. The van der Waals surface area contributed by atoms with E-state index in [1.54, 1.807) is 11.0 Å². The van der Waals surface area contributed by atoms with E-state index in [9.17, 15) is 18.0 Å². The summed E-state index contributed by atoms with van der Waals surface area (Å²) in [5, 5.41) is 8.88. The lowest BCUT2D eigenvalue weighted by Gasteiger charge is -2.42. The lowest BCUT2D eigenvalue weighted by molar-refractivity contribution is -0.163. The van der Waals surface area contributed by atoms with Crippen molar-refractivity contribution in [3.63, 3.8) is 0 Å². The molecule has 2 aliphatic rings. The number of carbonyl (C=O) groups is 1. The summed E-state index contributed by atoms with van der Waals surface area (Å²) in [4.78, 5) is 12.7. The molecule has 1 aromatic carbocycles. The molecule has 8 heteroatoms. The maximum atomic E-state index is 13.9. The van der Waals surface area contributed by atoms with Crippen LogP contribution in [-0.2, 0) is 11.2 Å². The highest BCUT2D eigenvalue weighted by Crippen LogP contribution is 2.34. The average molecular weight is 521 g/mol. The van der Waals surface area contributed by atoms with Gasteiger partial charge in [-0.1, -0.05) is 49.9 Å². The van der Waals surface area contributed by atoms with Gasteiger partial charge < -0.3 is 9.84 Å². The van der Waals surface area contributed by atoms with Gasteiger partial charge in [0.1, 0.15) is 11.6 Å². The third kappa shape index (κ3) is 5.09. The Bertz CT molecular complexity index is 878. The first-order chi connectivity index (χ1) is 13.7. The molecule has 29 heavy (non-hydrogen) atoms. The van der Waals surface area contributed by atoms with Gasteiger partial charge in [-0.3, -0.25) is 4.90 Å². The topological polar surface area (TPSA) is 49.8 Å². The van der Waals surface area contributed by atoms with Crippen molar-refractivity contribution in [1.82, 2.24) is 4.90 Å². The molecule has 0 amide bonds. The zero-order valence-electron chi connectivity index (χ0n) is 16.1. The Balaban J connectivity index is 1.60. The van der Waals surface area contributed by atoms with Crippen LogP contribution in [0, 0.1) is 5.92 Å². The number of benzene rings is 1. The summed E-state index contributed by atoms with van der Waals surface area (Å²) >= 11 is -1.13. The number of alkyl halides is 1. The molecule has 0 unspecified atom stereocenters. The summed E-state index contributed by atoms with van der Waals surface area (Å²) in [6.45, 7) is 2.50. The van der Waals surface area contributed by atoms with Crippen molar-refractivity contribution in [2.24, 2.45) is 5.92 Å². The molecule has 0 saturated carbocycles. The normalized spacial score (nSPS) is 21.5. The maximum Gasteiger partial charge on any atom is 0.344 e. The number of carboxylic acid groups (broad SMARTS) is 1. The van der Waals surface area contributed by atoms with E-state index in [2.05, 4.69) is 17.5 Å². The smallest absolute Gasteiger partial charge is 0.344 e. The van der Waals surface area contributed by atoms with Crippen LogP contribution in [-0.4, -0.2) is 52.4 Å². The molecule has 1 aromatic rings. The van der Waals surface area contributed by atoms with E-state index in [1.165, 1.54) is 0 Å². The van der Waals surface area contributed by atoms with E-state index < -0.39 is 42.0 Å². The van der Waals surface area contributed by atoms with Gasteiger partial charge in [-0.25, -0.2) is 13.6 Å². The lowest BCUT2D eigenvalue weighted by atomic mass is 9.83. The zero-order valence-corrected chi connectivity index (χ0v) is 18.2. The number of fused-ring (bicyclic) bond motifs is 1. The van der Waals surface area contributed by atoms with Gasteiger partial charge in [0.25, 0.3) is 0 Å². The molecule has 4 nitrogen and oxygen atoms in total. The van der Waals surface area contributed by atoms with Crippen LogP contribution in [0.15, 0.2) is 33.4 Å². The largest absolute Gasteiger partial charge is 0.493 e. The molecule has 1 saturated heterocycles. The highest BCUT2D eigenvalue weighted by atomic mass is 127. The van der Waals surface area contributed by atoms with E-state index in [-0.39, 0.29) is 32.0 Å². The molecular weight excluding hydrogens is 498 g/mol. The van der Waals surface area contributed by atoms with Gasteiger partial charge in [0.15, 0.2) is 3.83 Å². The number of nitrogens with zero attached hydrogens (tertiary/aromatic N) is 1. The van der Waals surface area contributed by atoms with Gasteiger partial charge in [0, 0.05) is 26.1 Å². The Morgan fingerprint density at radius 3 is 2.79 bits per heavy atom. The minimum absolute atomic E-state index is 0.0575. The fraction of sp³-hybridized carbons (Fsp3) is 0.429. The van der Waals surface area contributed by atoms with Crippen molar-refractivity contribution in [3.05, 3.63) is 44.6 Å². The second kappa shape index (κ2) is 8.99. The van der Waals surface area contributed by atoms with Crippen molar-refractivity contribution in [1.29, 1.82) is 0 Å². The zero-order chi connectivity index (χ0) is 21.2. The van der Waals surface area contributed by atoms with E-state index in [0.717, 1.165) is 23.1 Å². The third-order valence-electron chi connectivity index (χ3n) is 5.27. The molecule has 0 spiro atoms. The molecule has 3 rings (SSSR count). The van der Waals surface area contributed by atoms with Gasteiger partial charge in [-0.15, -0.1) is 0 Å². The first-order valence-electron chi connectivity index (χ1n) is 9.25. The molecule has 0 bridgehead atoms. The van der Waals surface area contributed by atoms with Gasteiger partial charge in [-0.05, 0) is 35.6 Å². The van der Waals surface area contributed by atoms with Gasteiger partial charge in [-0.2, -0.15) is 4.39 Å². The fourth-order valence-electron chi connectivity index (χ4n) is 3.59. The Morgan fingerprint density at radius 2 is 2.14 bits per heavy atom. The molecule has 1 heterocycles. The second-order valence-corrected chi connectivity index (χ2v) is 9.21. The molecule has 1 atom stereocenters. The summed E-state index contributed by atoms with van der Waals surface area (Å²) in [6, 6.07) is 5.61. The molecule has 1 N–H and O–H groups in total. The molecule has 0 aromatic heterocycles. The van der Waals surface area contributed by atoms with Crippen LogP contribution in [0.2, 0.25) is 0 Å². The summed E-state index contributed by atoms with van der Waals surface area (Å²) in [7, 11) is 0. The van der Waals surface area contributed by atoms with Crippen LogP contribution in [0.4, 0.5) is 13.2 Å². The van der Waals surface area contributed by atoms with Gasteiger partial charge >= 0.3 is 5.97 Å². The van der Waals surface area contributed by atoms with Crippen molar-refractivity contribution < 1.29 is 27.8 Å². The van der Waals surface area contributed by atoms with Crippen molar-refractivity contribution in [3.8, 4) is 5.75 Å². The molecule has 1 aliphatic carbocycles. The molecule has 1 fully saturated rings. The van der Waals surface area contributed by atoms with Crippen LogP contribution in [0.3, 0.4) is 0 Å². The van der Waals surface area contributed by atoms with Crippen LogP contribution >= 0.6 is 20.7 Å². The predicted molar refractivity (Wildman–Crippen MR) is 116 cm³/mol. The third-order valence-corrected chi connectivity index (χ3v) is 6.52. The quantitative estimate of drug-likeness (QED) is 0.507. The number of hydrogen-bond acceptors (Lipinski definition) is 3. The molecular formula is C21H23F3INO3. The van der Waals surface area contributed by atoms with E-state index in [1.807, 2.05) is 12.1 Å². The Labute approximate surface area is 177 Å². The number of ether oxygens (including phenoxy) is 1. The Hall–Kier alpha value is -1.68. The molecule has 0 radical (unpaired) electrons. The molecule has 1 aliphatic heterocycles. The lowest BCUT2D eigenvalue weighted by Crippen LogP contribution is -2.63. The van der Waals surface area contributed by atoms with Crippen LogP contribution in [0.1, 0.15) is 24.5 Å². The van der Waals surface area contributed by atoms with Gasteiger partial charge in [0.2, 0.25) is 5.67 Å². The molecule has 158 valence electrons. The highest BCUT2D eigenvalue weighted by Gasteiger charge is 2.50. The minimum Gasteiger partial charge on any atom is -0.493 e. The van der Waals surface area contributed by atoms with Crippen LogP contribution < -0.4 is 4.74 Å². The summed E-state index contributed by atoms with van der Waals surface area (Å²) in [5.74, 6) is -1.34. The minimum atomic E-state index is -2.13. The number of hydrogen-bond donors (Lipinski definition) is 1. The second-order valence-electron chi connectivity index (χ2n) is 7.50. The van der Waals surface area contributed by atoms with E-state index >= 15 is 0 Å². The number of rotatable bonds is 8. The van der Waals surface area contributed by atoms with E-state index in [4.69, 9.17) is 9.84 Å². The number of aliphatic carboxylic acids is 1. The van der Waals surface area contributed by atoms with Crippen LogP contribution in [0.5, 0.6) is 5.75 Å². The van der Waals surface area contributed by atoms with Crippen molar-refractivity contribution in [2.45, 2.75) is 25.4 Å². The van der Waals surface area contributed by atoms with Crippen molar-refractivity contribution in [2.75, 3.05) is 26.2 Å². The predicted octanol–water partition coefficient (Wildman–Crippen LogP) is 4.65. The van der Waals surface area contributed by atoms with Crippen molar-refractivity contribution >= 4 is 37.3 Å². The van der Waals surface area contributed by atoms with E-state index in [0.29, 0.717) is 12.3 Å². The first-order valence-corrected chi connectivity index (χ1v) is 11.9. The SMILES string of the molecule is C=I/C(F)=C(\F)CCOc1ccc2c(c1)C[C@H](C)C(CN1CC(F)(C(=O)O)C1)=C2. The summed E-state index contributed by atoms with van der Waals surface area (Å²) in [5.41, 5.74) is 1.14. The highest BCUT2D eigenvalue weighted by molar-refractivity contribution is 14.2. The van der Waals surface area contributed by atoms with Gasteiger partial charge in [0.05, 0.1) is 6.61 Å². The summed E-state index contributed by atoms with van der Waals surface area (Å²) < 4.78 is 48.7. The maximum absolute atomic E-state index is 13.9. The Kier molecular flexibility index (Phi) is 6.83. The number of likely N-dealkylation sites (tertiary alicyclic amines) is 1. The summed E-state index contributed by atoms with van der Waals surface area (Å²) in [6.07, 6.45) is 2.73. The van der Waals surface area contributed by atoms with Crippen LogP contribution in [0.25, 0.3) is 6.08 Å². The standard InChI is InChI=1S/C21H23F3INO3/c1-13-7-15-9-17(29-6-5-18(22)19(23)25-2)4-3-14(15)8-16(13)10-26-11-21(24,12-26)20(27)28/h3-4,8-9,13H,2,5-7,10-12H2,1H3,(H,27,28)/b19-18-/t13-/m0/s1. The fourth-order valence-corrected chi connectivity index (χ4v) is 4.27. The Morgan fingerprint density at radius 1 is 1.41 bits per heavy atom.